The number of nitrogens with zero attached hydrogens (tertiary/aromatic N) is 1. The van der Waals surface area contributed by atoms with Gasteiger partial charge < -0.3 is 10.3 Å². The second-order valence-corrected chi connectivity index (χ2v) is 4.87. The number of alkyl halides is 1. The van der Waals surface area contributed by atoms with Gasteiger partial charge in [-0.05, 0) is 12.8 Å². The maximum atomic E-state index is 12.0. The Hall–Kier alpha value is -1.56. The molecule has 1 saturated carbocycles. The Morgan fingerprint density at radius 2 is 2.22 bits per heavy atom. The van der Waals surface area contributed by atoms with Crippen LogP contribution in [-0.2, 0) is 0 Å². The second-order valence-electron chi connectivity index (χ2n) is 4.60. The fourth-order valence-electron chi connectivity index (χ4n) is 2.27. The number of carbonyl (C=O) groups excluding carboxylic acids is 1. The van der Waals surface area contributed by atoms with Gasteiger partial charge in [-0.2, -0.15) is 0 Å². The van der Waals surface area contributed by atoms with Crippen LogP contribution in [0.2, 0.25) is 0 Å². The number of amides is 1. The maximum Gasteiger partial charge on any atom is 0.287 e. The van der Waals surface area contributed by atoms with Crippen molar-refractivity contribution in [2.24, 2.45) is 0 Å². The monoisotopic (exact) mass is 271 g/mol. The zero-order valence-corrected chi connectivity index (χ0v) is 10.5. The molecule has 1 amide bonds. The quantitative estimate of drug-likeness (QED) is 0.500. The molecule has 0 unspecified atom stereocenters. The van der Waals surface area contributed by atoms with E-state index in [2.05, 4.69) is 10.3 Å². The van der Waals surface area contributed by atoms with E-state index >= 15 is 0 Å². The van der Waals surface area contributed by atoms with E-state index in [0.29, 0.717) is 5.88 Å². The standard InChI is InChI=1S/C11H14ClN3O3/c12-7-11(3-1-2-4-11)14-10(16)9-5-8(6-13-9)15(17)18/h5-6,13H,1-4,7H2,(H,14,16). The van der Waals surface area contributed by atoms with Crippen LogP contribution in [0.1, 0.15) is 36.2 Å². The SMILES string of the molecule is O=C(NC1(CCl)CCCC1)c1cc([N+](=O)[O-])c[nH]1. The molecule has 0 atom stereocenters. The first-order chi connectivity index (χ1) is 8.56. The van der Waals surface area contributed by atoms with Crippen molar-refractivity contribution in [3.05, 3.63) is 28.1 Å². The van der Waals surface area contributed by atoms with E-state index in [1.807, 2.05) is 0 Å². The number of aromatic amines is 1. The number of carbonyl (C=O) groups is 1. The van der Waals surface area contributed by atoms with E-state index in [1.54, 1.807) is 0 Å². The van der Waals surface area contributed by atoms with Gasteiger partial charge in [0.15, 0.2) is 0 Å². The number of rotatable bonds is 4. The van der Waals surface area contributed by atoms with Crippen molar-refractivity contribution in [3.63, 3.8) is 0 Å². The summed E-state index contributed by atoms with van der Waals surface area (Å²) in [5.41, 5.74) is -0.289. The molecule has 1 heterocycles. The molecule has 0 spiro atoms. The number of H-pyrrole nitrogens is 1. The summed E-state index contributed by atoms with van der Waals surface area (Å²) in [6.07, 6.45) is 4.99. The number of nitrogens with one attached hydrogen (secondary N) is 2. The Bertz CT molecular complexity index is 466. The molecule has 6 nitrogen and oxygen atoms in total. The third-order valence-electron chi connectivity index (χ3n) is 3.32. The van der Waals surface area contributed by atoms with Crippen molar-refractivity contribution < 1.29 is 9.72 Å². The summed E-state index contributed by atoms with van der Waals surface area (Å²) in [6.45, 7) is 0. The summed E-state index contributed by atoms with van der Waals surface area (Å²) < 4.78 is 0. The Morgan fingerprint density at radius 3 is 2.72 bits per heavy atom. The molecule has 98 valence electrons. The lowest BCUT2D eigenvalue weighted by Crippen LogP contribution is -2.48. The highest BCUT2D eigenvalue weighted by atomic mass is 35.5. The molecule has 2 N–H and O–H groups in total. The first kappa shape index (κ1) is 12.9. The van der Waals surface area contributed by atoms with Gasteiger partial charge in [-0.1, -0.05) is 12.8 Å². The molecule has 1 aromatic heterocycles. The molecule has 0 bridgehead atoms. The van der Waals surface area contributed by atoms with E-state index in [9.17, 15) is 14.9 Å². The normalized spacial score (nSPS) is 17.6. The predicted molar refractivity (Wildman–Crippen MR) is 66.8 cm³/mol. The molecule has 1 aliphatic rings. The van der Waals surface area contributed by atoms with Gasteiger partial charge in [-0.3, -0.25) is 14.9 Å². The predicted octanol–water partition coefficient (Wildman–Crippen LogP) is 2.20. The van der Waals surface area contributed by atoms with E-state index in [1.165, 1.54) is 12.3 Å². The van der Waals surface area contributed by atoms with Gasteiger partial charge in [-0.15, -0.1) is 11.6 Å². The van der Waals surface area contributed by atoms with Crippen molar-refractivity contribution in [1.29, 1.82) is 0 Å². The average Bonchev–Trinajstić information content (AvgIpc) is 2.98. The second kappa shape index (κ2) is 4.97. The van der Waals surface area contributed by atoms with E-state index in [0.717, 1.165) is 25.7 Å². The first-order valence-electron chi connectivity index (χ1n) is 5.78. The lowest BCUT2D eigenvalue weighted by atomic mass is 10.0. The Morgan fingerprint density at radius 1 is 1.56 bits per heavy atom. The molecule has 1 aromatic rings. The molecule has 0 aliphatic heterocycles. The maximum absolute atomic E-state index is 12.0. The summed E-state index contributed by atoms with van der Waals surface area (Å²) >= 11 is 5.92. The van der Waals surface area contributed by atoms with E-state index in [-0.39, 0.29) is 22.8 Å². The fraction of sp³-hybridized carbons (Fsp3) is 0.545. The molecule has 0 saturated heterocycles. The van der Waals surface area contributed by atoms with Crippen molar-refractivity contribution in [1.82, 2.24) is 10.3 Å². The van der Waals surface area contributed by atoms with Gasteiger partial charge >= 0.3 is 0 Å². The number of hydrogen-bond donors (Lipinski definition) is 2. The Labute approximate surface area is 109 Å². The van der Waals surface area contributed by atoms with Gasteiger partial charge in [0.2, 0.25) is 0 Å². The summed E-state index contributed by atoms with van der Waals surface area (Å²) in [6, 6.07) is 1.23. The molecular formula is C11H14ClN3O3. The highest BCUT2D eigenvalue weighted by Gasteiger charge is 2.35. The summed E-state index contributed by atoms with van der Waals surface area (Å²) in [5, 5.41) is 13.4. The van der Waals surface area contributed by atoms with Crippen LogP contribution < -0.4 is 5.32 Å². The number of halogens is 1. The minimum Gasteiger partial charge on any atom is -0.351 e. The molecule has 0 radical (unpaired) electrons. The minimum atomic E-state index is -0.542. The van der Waals surface area contributed by atoms with Gasteiger partial charge in [0.05, 0.1) is 16.7 Å². The van der Waals surface area contributed by atoms with Crippen molar-refractivity contribution >= 4 is 23.2 Å². The van der Waals surface area contributed by atoms with Crippen LogP contribution in [0.4, 0.5) is 5.69 Å². The summed E-state index contributed by atoms with van der Waals surface area (Å²) in [5.74, 6) is 0.0206. The lowest BCUT2D eigenvalue weighted by Gasteiger charge is -2.27. The molecule has 0 aromatic carbocycles. The van der Waals surface area contributed by atoms with Gasteiger partial charge in [0.25, 0.3) is 11.6 Å². The van der Waals surface area contributed by atoms with Crippen LogP contribution in [0.25, 0.3) is 0 Å². The number of hydrogen-bond acceptors (Lipinski definition) is 3. The molecular weight excluding hydrogens is 258 g/mol. The summed E-state index contributed by atoms with van der Waals surface area (Å²) in [7, 11) is 0. The van der Waals surface area contributed by atoms with Crippen LogP contribution in [0.5, 0.6) is 0 Å². The Kier molecular flexibility index (Phi) is 3.56. The molecule has 7 heteroatoms. The largest absolute Gasteiger partial charge is 0.351 e. The number of nitro groups is 1. The number of aromatic nitrogens is 1. The highest BCUT2D eigenvalue weighted by Crippen LogP contribution is 2.31. The summed E-state index contributed by atoms with van der Waals surface area (Å²) in [4.78, 5) is 24.6. The zero-order valence-electron chi connectivity index (χ0n) is 9.74. The smallest absolute Gasteiger partial charge is 0.287 e. The first-order valence-corrected chi connectivity index (χ1v) is 6.31. The molecule has 1 fully saturated rings. The zero-order chi connectivity index (χ0) is 13.2. The van der Waals surface area contributed by atoms with Gasteiger partial charge in [-0.25, -0.2) is 0 Å². The fourth-order valence-corrected chi connectivity index (χ4v) is 2.61. The lowest BCUT2D eigenvalue weighted by molar-refractivity contribution is -0.384. The average molecular weight is 272 g/mol. The van der Waals surface area contributed by atoms with Crippen LogP contribution in [-0.4, -0.2) is 27.2 Å². The topological polar surface area (TPSA) is 88.0 Å². The van der Waals surface area contributed by atoms with Crippen molar-refractivity contribution in [2.75, 3.05) is 5.88 Å². The van der Waals surface area contributed by atoms with Crippen molar-refractivity contribution in [3.8, 4) is 0 Å². The van der Waals surface area contributed by atoms with Crippen molar-refractivity contribution in [2.45, 2.75) is 31.2 Å². The third kappa shape index (κ3) is 2.48. The van der Waals surface area contributed by atoms with Gasteiger partial charge in [0, 0.05) is 11.9 Å². The van der Waals surface area contributed by atoms with Crippen LogP contribution in [0, 0.1) is 10.1 Å². The minimum absolute atomic E-state index is 0.119. The van der Waals surface area contributed by atoms with Crippen LogP contribution in [0.3, 0.4) is 0 Å². The third-order valence-corrected chi connectivity index (χ3v) is 3.83. The molecule has 1 aliphatic carbocycles. The van der Waals surface area contributed by atoms with Gasteiger partial charge in [0.1, 0.15) is 5.69 Å². The van der Waals surface area contributed by atoms with Crippen LogP contribution >= 0.6 is 11.6 Å². The van der Waals surface area contributed by atoms with E-state index < -0.39 is 4.92 Å². The molecule has 2 rings (SSSR count). The van der Waals surface area contributed by atoms with E-state index in [4.69, 9.17) is 11.6 Å². The highest BCUT2D eigenvalue weighted by molar-refractivity contribution is 6.19. The Balaban J connectivity index is 2.09. The van der Waals surface area contributed by atoms with Crippen LogP contribution in [0.15, 0.2) is 12.3 Å². The molecule has 18 heavy (non-hydrogen) atoms.